The van der Waals surface area contributed by atoms with E-state index in [0.29, 0.717) is 31.2 Å². The van der Waals surface area contributed by atoms with E-state index in [1.54, 1.807) is 4.90 Å². The van der Waals surface area contributed by atoms with E-state index in [9.17, 15) is 9.59 Å². The van der Waals surface area contributed by atoms with Crippen LogP contribution in [-0.4, -0.2) is 35.9 Å². The molecule has 0 unspecified atom stereocenters. The zero-order valence-corrected chi connectivity index (χ0v) is 20.7. The van der Waals surface area contributed by atoms with Crippen LogP contribution in [0.5, 0.6) is 5.75 Å². The van der Waals surface area contributed by atoms with Gasteiger partial charge in [-0.3, -0.25) is 9.59 Å². The van der Waals surface area contributed by atoms with Gasteiger partial charge in [-0.05, 0) is 61.1 Å². The summed E-state index contributed by atoms with van der Waals surface area (Å²) in [6.45, 7) is 10.8. The number of nitrogens with one attached hydrogen (secondary N) is 1. The predicted octanol–water partition coefficient (Wildman–Crippen LogP) is 5.02. The van der Waals surface area contributed by atoms with E-state index in [-0.39, 0.29) is 18.4 Å². The number of carbonyl (C=O) groups excluding carboxylic acids is 2. The number of aryl methyl sites for hydroxylation is 2. The Morgan fingerprint density at radius 3 is 2.42 bits per heavy atom. The van der Waals surface area contributed by atoms with Crippen molar-refractivity contribution in [2.75, 3.05) is 13.2 Å². The molecule has 0 spiro atoms. The molecule has 0 saturated carbocycles. The molecule has 0 radical (unpaired) electrons. The van der Waals surface area contributed by atoms with Crippen LogP contribution in [0.3, 0.4) is 0 Å². The molecule has 0 aliphatic rings. The second kappa shape index (κ2) is 11.9. The molecule has 0 aromatic heterocycles. The van der Waals surface area contributed by atoms with Crippen LogP contribution >= 0.6 is 15.9 Å². The minimum Gasteiger partial charge on any atom is -0.484 e. The number of amides is 2. The number of ether oxygens (including phenoxy) is 1. The summed E-state index contributed by atoms with van der Waals surface area (Å²) in [5.41, 5.74) is 3.13. The van der Waals surface area contributed by atoms with Crippen LogP contribution < -0.4 is 10.1 Å². The number of hydrogen-bond donors (Lipinski definition) is 1. The van der Waals surface area contributed by atoms with E-state index in [1.165, 1.54) is 0 Å². The highest BCUT2D eigenvalue weighted by Crippen LogP contribution is 2.22. The van der Waals surface area contributed by atoms with Crippen LogP contribution in [0.15, 0.2) is 46.9 Å². The molecule has 0 bridgehead atoms. The molecule has 0 heterocycles. The average Bonchev–Trinajstić information content (AvgIpc) is 2.74. The third-order valence-corrected chi connectivity index (χ3v) is 6.05. The maximum absolute atomic E-state index is 13.2. The highest BCUT2D eigenvalue weighted by Gasteiger charge is 2.29. The first-order valence-electron chi connectivity index (χ1n) is 10.7. The van der Waals surface area contributed by atoms with Gasteiger partial charge in [-0.2, -0.15) is 0 Å². The Labute approximate surface area is 194 Å². The van der Waals surface area contributed by atoms with Gasteiger partial charge in [0.25, 0.3) is 5.91 Å². The third kappa shape index (κ3) is 7.39. The minimum atomic E-state index is -0.555. The van der Waals surface area contributed by atoms with Crippen molar-refractivity contribution >= 4 is 27.7 Å². The number of nitrogens with zero attached hydrogens (tertiary/aromatic N) is 1. The summed E-state index contributed by atoms with van der Waals surface area (Å²) in [4.78, 5) is 27.8. The molecular formula is C25H33BrN2O3. The quantitative estimate of drug-likeness (QED) is 0.510. The van der Waals surface area contributed by atoms with Gasteiger partial charge in [-0.15, -0.1) is 0 Å². The van der Waals surface area contributed by atoms with Gasteiger partial charge >= 0.3 is 0 Å². The fourth-order valence-electron chi connectivity index (χ4n) is 3.25. The number of halogens is 1. The first kappa shape index (κ1) is 24.9. The van der Waals surface area contributed by atoms with Crippen molar-refractivity contribution in [1.29, 1.82) is 0 Å². The van der Waals surface area contributed by atoms with Crippen LogP contribution in [0.25, 0.3) is 0 Å². The standard InChI is InChI=1S/C25H33BrN2O3/c1-6-23(25(30)27-14-17(2)3)28(15-20-10-8-7-9-18(20)4)24(29)16-31-21-11-12-22(26)19(5)13-21/h7-13,17,23H,6,14-16H2,1-5H3,(H,27,30)/t23-/m1/s1. The summed E-state index contributed by atoms with van der Waals surface area (Å²) in [6, 6.07) is 13.0. The van der Waals surface area contributed by atoms with Gasteiger partial charge in [0.2, 0.25) is 5.91 Å². The van der Waals surface area contributed by atoms with Crippen LogP contribution in [0.1, 0.15) is 43.9 Å². The largest absolute Gasteiger partial charge is 0.484 e. The molecule has 6 heteroatoms. The number of rotatable bonds is 10. The highest BCUT2D eigenvalue weighted by molar-refractivity contribution is 9.10. The van der Waals surface area contributed by atoms with Gasteiger partial charge in [0.05, 0.1) is 0 Å². The minimum absolute atomic E-state index is 0.124. The molecule has 0 aliphatic heterocycles. The van der Waals surface area contributed by atoms with E-state index in [0.717, 1.165) is 21.2 Å². The highest BCUT2D eigenvalue weighted by atomic mass is 79.9. The zero-order valence-electron chi connectivity index (χ0n) is 19.1. The summed E-state index contributed by atoms with van der Waals surface area (Å²) < 4.78 is 6.77. The molecule has 31 heavy (non-hydrogen) atoms. The summed E-state index contributed by atoms with van der Waals surface area (Å²) in [5.74, 6) is 0.626. The SMILES string of the molecule is CC[C@H](C(=O)NCC(C)C)N(Cc1ccccc1C)C(=O)COc1ccc(Br)c(C)c1. The van der Waals surface area contributed by atoms with E-state index in [4.69, 9.17) is 4.74 Å². The van der Waals surface area contributed by atoms with Crippen molar-refractivity contribution in [2.24, 2.45) is 5.92 Å². The lowest BCUT2D eigenvalue weighted by Crippen LogP contribution is -2.50. The molecule has 2 aromatic carbocycles. The molecule has 2 aromatic rings. The normalized spacial score (nSPS) is 11.8. The fourth-order valence-corrected chi connectivity index (χ4v) is 3.49. The Morgan fingerprint density at radius 2 is 1.81 bits per heavy atom. The Bertz CT molecular complexity index is 898. The van der Waals surface area contributed by atoms with Crippen molar-refractivity contribution in [3.8, 4) is 5.75 Å². The van der Waals surface area contributed by atoms with Crippen LogP contribution in [0.4, 0.5) is 0 Å². The van der Waals surface area contributed by atoms with Crippen molar-refractivity contribution in [1.82, 2.24) is 10.2 Å². The van der Waals surface area contributed by atoms with Gasteiger partial charge in [-0.1, -0.05) is 61.0 Å². The van der Waals surface area contributed by atoms with Crippen molar-refractivity contribution in [3.05, 3.63) is 63.6 Å². The Hall–Kier alpha value is -2.34. The molecule has 1 N–H and O–H groups in total. The summed E-state index contributed by atoms with van der Waals surface area (Å²) in [7, 11) is 0. The fraction of sp³-hybridized carbons (Fsp3) is 0.440. The number of carbonyl (C=O) groups is 2. The van der Waals surface area contributed by atoms with Crippen LogP contribution in [-0.2, 0) is 16.1 Å². The van der Waals surface area contributed by atoms with E-state index >= 15 is 0 Å². The second-order valence-corrected chi connectivity index (χ2v) is 9.07. The zero-order chi connectivity index (χ0) is 23.0. The van der Waals surface area contributed by atoms with Gasteiger partial charge in [0.15, 0.2) is 6.61 Å². The summed E-state index contributed by atoms with van der Waals surface area (Å²) >= 11 is 3.47. The molecular weight excluding hydrogens is 456 g/mol. The number of benzene rings is 2. The molecule has 168 valence electrons. The lowest BCUT2D eigenvalue weighted by molar-refractivity contribution is -0.143. The third-order valence-electron chi connectivity index (χ3n) is 5.16. The van der Waals surface area contributed by atoms with Gasteiger partial charge in [-0.25, -0.2) is 0 Å². The average molecular weight is 489 g/mol. The van der Waals surface area contributed by atoms with Crippen molar-refractivity contribution < 1.29 is 14.3 Å². The van der Waals surface area contributed by atoms with E-state index < -0.39 is 6.04 Å². The molecule has 1 atom stereocenters. The summed E-state index contributed by atoms with van der Waals surface area (Å²) in [5, 5.41) is 2.98. The first-order chi connectivity index (χ1) is 14.7. The molecule has 2 amide bonds. The maximum atomic E-state index is 13.2. The van der Waals surface area contributed by atoms with E-state index in [1.807, 2.05) is 77.1 Å². The molecule has 5 nitrogen and oxygen atoms in total. The Kier molecular flexibility index (Phi) is 9.56. The first-order valence-corrected chi connectivity index (χ1v) is 11.5. The molecule has 2 rings (SSSR count). The number of hydrogen-bond acceptors (Lipinski definition) is 3. The Balaban J connectivity index is 2.22. The van der Waals surface area contributed by atoms with Gasteiger partial charge < -0.3 is 15.0 Å². The molecule has 0 fully saturated rings. The lowest BCUT2D eigenvalue weighted by atomic mass is 10.1. The molecule has 0 saturated heterocycles. The van der Waals surface area contributed by atoms with Crippen molar-refractivity contribution in [2.45, 2.75) is 53.6 Å². The monoisotopic (exact) mass is 488 g/mol. The lowest BCUT2D eigenvalue weighted by Gasteiger charge is -2.31. The Morgan fingerprint density at radius 1 is 1.10 bits per heavy atom. The second-order valence-electron chi connectivity index (χ2n) is 8.21. The van der Waals surface area contributed by atoms with Crippen LogP contribution in [0.2, 0.25) is 0 Å². The van der Waals surface area contributed by atoms with Crippen molar-refractivity contribution in [3.63, 3.8) is 0 Å². The predicted molar refractivity (Wildman–Crippen MR) is 128 cm³/mol. The molecule has 0 aliphatic carbocycles. The topological polar surface area (TPSA) is 58.6 Å². The van der Waals surface area contributed by atoms with Gasteiger partial charge in [0.1, 0.15) is 11.8 Å². The van der Waals surface area contributed by atoms with Crippen LogP contribution in [0, 0.1) is 19.8 Å². The smallest absolute Gasteiger partial charge is 0.261 e. The van der Waals surface area contributed by atoms with E-state index in [2.05, 4.69) is 21.2 Å². The maximum Gasteiger partial charge on any atom is 0.261 e. The van der Waals surface area contributed by atoms with Gasteiger partial charge in [0, 0.05) is 17.6 Å². The summed E-state index contributed by atoms with van der Waals surface area (Å²) in [6.07, 6.45) is 0.527.